The van der Waals surface area contributed by atoms with E-state index in [2.05, 4.69) is 23.8 Å². The first-order valence-electron chi connectivity index (χ1n) is 5.36. The van der Waals surface area contributed by atoms with Gasteiger partial charge in [-0.1, -0.05) is 6.08 Å². The molecule has 1 aliphatic heterocycles. The molecular formula is C11H22N2. The molecule has 2 heteroatoms. The van der Waals surface area contributed by atoms with E-state index in [1.54, 1.807) is 0 Å². The van der Waals surface area contributed by atoms with E-state index in [9.17, 15) is 0 Å². The molecule has 0 saturated carbocycles. The zero-order valence-corrected chi connectivity index (χ0v) is 8.76. The van der Waals surface area contributed by atoms with Gasteiger partial charge in [0.05, 0.1) is 0 Å². The number of nitrogens with one attached hydrogen (secondary N) is 1. The summed E-state index contributed by atoms with van der Waals surface area (Å²) < 4.78 is 0. The van der Waals surface area contributed by atoms with Crippen LogP contribution in [-0.4, -0.2) is 37.6 Å². The minimum atomic E-state index is 0.787. The van der Waals surface area contributed by atoms with Crippen LogP contribution in [0.5, 0.6) is 0 Å². The lowest BCUT2D eigenvalue weighted by atomic mass is 10.1. The number of nitrogens with zero attached hydrogens (tertiary/aromatic N) is 1. The average Bonchev–Trinajstić information content (AvgIpc) is 2.42. The Morgan fingerprint density at radius 3 is 3.08 bits per heavy atom. The summed E-state index contributed by atoms with van der Waals surface area (Å²) in [5.74, 6) is 0. The molecule has 0 aliphatic carbocycles. The highest BCUT2D eigenvalue weighted by atomic mass is 15.1. The Bertz CT molecular complexity index is 137. The van der Waals surface area contributed by atoms with Gasteiger partial charge >= 0.3 is 0 Å². The highest BCUT2D eigenvalue weighted by molar-refractivity contribution is 4.76. The molecule has 76 valence electrons. The second-order valence-electron chi connectivity index (χ2n) is 3.89. The van der Waals surface area contributed by atoms with Crippen LogP contribution >= 0.6 is 0 Å². The number of rotatable bonds is 4. The number of hydrogen-bond acceptors (Lipinski definition) is 2. The van der Waals surface area contributed by atoms with Crippen molar-refractivity contribution in [2.45, 2.75) is 31.7 Å². The van der Waals surface area contributed by atoms with Gasteiger partial charge in [-0.2, -0.15) is 0 Å². The topological polar surface area (TPSA) is 15.3 Å². The Morgan fingerprint density at radius 1 is 1.46 bits per heavy atom. The van der Waals surface area contributed by atoms with Crippen LogP contribution in [0.2, 0.25) is 0 Å². The summed E-state index contributed by atoms with van der Waals surface area (Å²) in [6.07, 6.45) is 7.09. The molecule has 1 aliphatic rings. The van der Waals surface area contributed by atoms with Crippen molar-refractivity contribution in [2.75, 3.05) is 26.7 Å². The van der Waals surface area contributed by atoms with E-state index >= 15 is 0 Å². The lowest BCUT2D eigenvalue weighted by Gasteiger charge is -2.26. The molecule has 0 aromatic carbocycles. The Kier molecular flexibility index (Phi) is 5.09. The largest absolute Gasteiger partial charge is 0.317 e. The zero-order valence-electron chi connectivity index (χ0n) is 8.76. The van der Waals surface area contributed by atoms with Crippen LogP contribution in [0.25, 0.3) is 0 Å². The van der Waals surface area contributed by atoms with Crippen LogP contribution in [0.15, 0.2) is 12.7 Å². The molecule has 0 spiro atoms. The lowest BCUT2D eigenvalue weighted by Crippen LogP contribution is -2.33. The number of hydrogen-bond donors (Lipinski definition) is 1. The summed E-state index contributed by atoms with van der Waals surface area (Å²) in [7, 11) is 2.24. The Hall–Kier alpha value is -0.340. The molecule has 0 aromatic rings. The van der Waals surface area contributed by atoms with E-state index in [1.165, 1.54) is 32.4 Å². The van der Waals surface area contributed by atoms with E-state index in [4.69, 9.17) is 0 Å². The van der Waals surface area contributed by atoms with Crippen molar-refractivity contribution in [3.8, 4) is 0 Å². The van der Waals surface area contributed by atoms with Gasteiger partial charge in [0.25, 0.3) is 0 Å². The maximum Gasteiger partial charge on any atom is 0.0105 e. The summed E-state index contributed by atoms with van der Waals surface area (Å²) >= 11 is 0. The molecular weight excluding hydrogens is 160 g/mol. The predicted octanol–water partition coefficient (Wildman–Crippen LogP) is 1.64. The molecule has 1 fully saturated rings. The maximum absolute atomic E-state index is 3.76. The summed E-state index contributed by atoms with van der Waals surface area (Å²) in [6.45, 7) is 7.30. The monoisotopic (exact) mass is 182 g/mol. The molecule has 1 saturated heterocycles. The van der Waals surface area contributed by atoms with Crippen molar-refractivity contribution >= 4 is 0 Å². The lowest BCUT2D eigenvalue weighted by molar-refractivity contribution is 0.228. The standard InChI is InChI=1S/C11H22N2/c1-3-4-10-13(2)11-6-5-8-12-9-7-11/h3,11-12H,1,4-10H2,2H3. The maximum atomic E-state index is 3.76. The fraction of sp³-hybridized carbons (Fsp3) is 0.818. The van der Waals surface area contributed by atoms with Gasteiger partial charge in [-0.3, -0.25) is 0 Å². The van der Waals surface area contributed by atoms with E-state index < -0.39 is 0 Å². The highest BCUT2D eigenvalue weighted by Gasteiger charge is 2.15. The Balaban J connectivity index is 2.25. The van der Waals surface area contributed by atoms with Gasteiger partial charge in [0.2, 0.25) is 0 Å². The van der Waals surface area contributed by atoms with E-state index in [0.717, 1.165) is 19.0 Å². The van der Waals surface area contributed by atoms with E-state index in [-0.39, 0.29) is 0 Å². The second-order valence-corrected chi connectivity index (χ2v) is 3.89. The molecule has 0 radical (unpaired) electrons. The van der Waals surface area contributed by atoms with Crippen molar-refractivity contribution in [3.05, 3.63) is 12.7 Å². The molecule has 13 heavy (non-hydrogen) atoms. The first kappa shape index (κ1) is 10.7. The van der Waals surface area contributed by atoms with Crippen molar-refractivity contribution in [3.63, 3.8) is 0 Å². The van der Waals surface area contributed by atoms with Gasteiger partial charge in [0.1, 0.15) is 0 Å². The third-order valence-corrected chi connectivity index (χ3v) is 2.85. The SMILES string of the molecule is C=CCCN(C)C1CCCNCC1. The van der Waals surface area contributed by atoms with Gasteiger partial charge in [-0.05, 0) is 45.8 Å². The van der Waals surface area contributed by atoms with Crippen molar-refractivity contribution < 1.29 is 0 Å². The van der Waals surface area contributed by atoms with Crippen LogP contribution in [0.4, 0.5) is 0 Å². The van der Waals surface area contributed by atoms with Crippen LogP contribution in [-0.2, 0) is 0 Å². The van der Waals surface area contributed by atoms with Crippen LogP contribution in [0.3, 0.4) is 0 Å². The molecule has 1 unspecified atom stereocenters. The minimum Gasteiger partial charge on any atom is -0.317 e. The average molecular weight is 182 g/mol. The first-order chi connectivity index (χ1) is 6.34. The zero-order chi connectivity index (χ0) is 9.52. The highest BCUT2D eigenvalue weighted by Crippen LogP contribution is 2.11. The Labute approximate surface area is 82.0 Å². The van der Waals surface area contributed by atoms with Gasteiger partial charge in [-0.15, -0.1) is 6.58 Å². The molecule has 0 amide bonds. The minimum absolute atomic E-state index is 0.787. The van der Waals surface area contributed by atoms with Crippen molar-refractivity contribution in [2.24, 2.45) is 0 Å². The molecule has 0 bridgehead atoms. The van der Waals surface area contributed by atoms with Gasteiger partial charge in [-0.25, -0.2) is 0 Å². The normalized spacial score (nSPS) is 24.3. The van der Waals surface area contributed by atoms with Crippen molar-refractivity contribution in [1.82, 2.24) is 10.2 Å². The fourth-order valence-electron chi connectivity index (χ4n) is 1.92. The summed E-state index contributed by atoms with van der Waals surface area (Å²) in [5.41, 5.74) is 0. The molecule has 1 rings (SSSR count). The first-order valence-corrected chi connectivity index (χ1v) is 5.36. The van der Waals surface area contributed by atoms with Crippen LogP contribution in [0, 0.1) is 0 Å². The van der Waals surface area contributed by atoms with E-state index in [1.807, 2.05) is 6.08 Å². The quantitative estimate of drug-likeness (QED) is 0.665. The molecule has 1 heterocycles. The predicted molar refractivity (Wildman–Crippen MR) is 58.0 cm³/mol. The smallest absolute Gasteiger partial charge is 0.0105 e. The van der Waals surface area contributed by atoms with E-state index in [0.29, 0.717) is 0 Å². The molecule has 1 atom stereocenters. The third kappa shape index (κ3) is 3.92. The molecule has 1 N–H and O–H groups in total. The van der Waals surface area contributed by atoms with Crippen LogP contribution < -0.4 is 5.32 Å². The van der Waals surface area contributed by atoms with Crippen LogP contribution in [0.1, 0.15) is 25.7 Å². The molecule has 2 nitrogen and oxygen atoms in total. The van der Waals surface area contributed by atoms with Gasteiger partial charge < -0.3 is 10.2 Å². The Morgan fingerprint density at radius 2 is 2.31 bits per heavy atom. The van der Waals surface area contributed by atoms with Gasteiger partial charge in [0, 0.05) is 12.6 Å². The summed E-state index contributed by atoms with van der Waals surface area (Å²) in [6, 6.07) is 0.787. The fourth-order valence-corrected chi connectivity index (χ4v) is 1.92. The third-order valence-electron chi connectivity index (χ3n) is 2.85. The van der Waals surface area contributed by atoms with Gasteiger partial charge in [0.15, 0.2) is 0 Å². The molecule has 0 aromatic heterocycles. The summed E-state index contributed by atoms with van der Waals surface area (Å²) in [5, 5.41) is 3.44. The van der Waals surface area contributed by atoms with Crippen molar-refractivity contribution in [1.29, 1.82) is 0 Å². The second kappa shape index (κ2) is 6.17. The summed E-state index contributed by atoms with van der Waals surface area (Å²) in [4.78, 5) is 2.48.